The van der Waals surface area contributed by atoms with Crippen molar-refractivity contribution in [3.05, 3.63) is 0 Å². The van der Waals surface area contributed by atoms with Crippen molar-refractivity contribution in [3.8, 4) is 0 Å². The van der Waals surface area contributed by atoms with E-state index < -0.39 is 0 Å². The lowest BCUT2D eigenvalue weighted by atomic mass is 9.79. The molecule has 3 saturated carbocycles. The number of hydrogen-bond donors (Lipinski definition) is 2. The van der Waals surface area contributed by atoms with Gasteiger partial charge in [-0.2, -0.15) is 0 Å². The fourth-order valence-electron chi connectivity index (χ4n) is 5.00. The molecule has 3 aliphatic rings. The highest BCUT2D eigenvalue weighted by atomic mass is 16.2. The Kier molecular flexibility index (Phi) is 3.72. The van der Waals surface area contributed by atoms with Crippen LogP contribution in [-0.2, 0) is 0 Å². The molecule has 0 aromatic heterocycles. The van der Waals surface area contributed by atoms with Crippen LogP contribution < -0.4 is 5.32 Å². The van der Waals surface area contributed by atoms with Gasteiger partial charge in [-0.15, -0.1) is 0 Å². The molecule has 2 nitrogen and oxygen atoms in total. The molecule has 0 aliphatic heterocycles. The maximum absolute atomic E-state index is 8.75. The second-order valence-electron chi connectivity index (χ2n) is 6.50. The number of aliphatic hydroxyl groups is 1. The summed E-state index contributed by atoms with van der Waals surface area (Å²) in [6, 6.07) is 0.841. The lowest BCUT2D eigenvalue weighted by Gasteiger charge is -2.32. The molecule has 2 heteroatoms. The summed E-state index contributed by atoms with van der Waals surface area (Å²) in [5.41, 5.74) is 0. The van der Waals surface area contributed by atoms with Crippen LogP contribution in [0.1, 0.15) is 51.4 Å². The van der Waals surface area contributed by atoms with Crippen LogP contribution in [0.4, 0.5) is 0 Å². The zero-order chi connectivity index (χ0) is 11.7. The number of unbranched alkanes of at least 4 members (excludes halogenated alkanes) is 2. The lowest BCUT2D eigenvalue weighted by Crippen LogP contribution is -2.39. The van der Waals surface area contributed by atoms with E-state index in [1.807, 2.05) is 0 Å². The van der Waals surface area contributed by atoms with Gasteiger partial charge in [0.15, 0.2) is 0 Å². The molecular weight excluding hydrogens is 210 g/mol. The molecule has 0 heterocycles. The molecule has 17 heavy (non-hydrogen) atoms. The summed E-state index contributed by atoms with van der Waals surface area (Å²) in [5, 5.41) is 12.5. The molecule has 3 rings (SSSR count). The molecule has 5 atom stereocenters. The highest BCUT2D eigenvalue weighted by Gasteiger charge is 2.53. The summed E-state index contributed by atoms with van der Waals surface area (Å²) in [5.74, 6) is 4.30. The zero-order valence-electron chi connectivity index (χ0n) is 10.9. The normalized spacial score (nSPS) is 43.2. The highest BCUT2D eigenvalue weighted by Crippen LogP contribution is 2.58. The van der Waals surface area contributed by atoms with Crippen LogP contribution >= 0.6 is 0 Å². The zero-order valence-corrected chi connectivity index (χ0v) is 10.9. The van der Waals surface area contributed by atoms with Gasteiger partial charge < -0.3 is 10.4 Å². The predicted octanol–water partition coefficient (Wildman–Crippen LogP) is 2.56. The maximum Gasteiger partial charge on any atom is 0.0431 e. The summed E-state index contributed by atoms with van der Waals surface area (Å²) in [7, 11) is 0. The maximum atomic E-state index is 8.75. The van der Waals surface area contributed by atoms with Gasteiger partial charge in [-0.25, -0.2) is 0 Å². The Hall–Kier alpha value is -0.0800. The molecule has 3 aliphatic carbocycles. The van der Waals surface area contributed by atoms with Crippen molar-refractivity contribution < 1.29 is 5.11 Å². The third kappa shape index (κ3) is 2.26. The Morgan fingerprint density at radius 2 is 1.82 bits per heavy atom. The quantitative estimate of drug-likeness (QED) is 0.696. The molecule has 0 saturated heterocycles. The number of fused-ring (bicyclic) bond motifs is 5. The second kappa shape index (κ2) is 5.27. The van der Waals surface area contributed by atoms with Crippen molar-refractivity contribution in [1.29, 1.82) is 0 Å². The smallest absolute Gasteiger partial charge is 0.0431 e. The standard InChI is InChI=1S/C15H27NO/c17-8-3-1-2-7-16-15-10-11-9-14(15)13-6-4-5-12(11)13/h11-17H,1-10H2. The van der Waals surface area contributed by atoms with Gasteiger partial charge in [0, 0.05) is 12.6 Å². The van der Waals surface area contributed by atoms with Crippen molar-refractivity contribution in [1.82, 2.24) is 5.32 Å². The van der Waals surface area contributed by atoms with E-state index in [0.29, 0.717) is 6.61 Å². The van der Waals surface area contributed by atoms with E-state index >= 15 is 0 Å². The largest absolute Gasteiger partial charge is 0.396 e. The van der Waals surface area contributed by atoms with Crippen LogP contribution in [0.15, 0.2) is 0 Å². The van der Waals surface area contributed by atoms with E-state index in [2.05, 4.69) is 5.32 Å². The third-order valence-corrected chi connectivity index (χ3v) is 5.67. The van der Waals surface area contributed by atoms with Crippen LogP contribution in [0, 0.1) is 23.7 Å². The fourth-order valence-corrected chi connectivity index (χ4v) is 5.00. The van der Waals surface area contributed by atoms with Gasteiger partial charge >= 0.3 is 0 Å². The average molecular weight is 237 g/mol. The monoisotopic (exact) mass is 237 g/mol. The van der Waals surface area contributed by atoms with E-state index in [9.17, 15) is 0 Å². The van der Waals surface area contributed by atoms with Crippen LogP contribution in [0.5, 0.6) is 0 Å². The second-order valence-corrected chi connectivity index (χ2v) is 6.50. The predicted molar refractivity (Wildman–Crippen MR) is 69.8 cm³/mol. The third-order valence-electron chi connectivity index (χ3n) is 5.67. The van der Waals surface area contributed by atoms with Gasteiger partial charge in [-0.1, -0.05) is 6.42 Å². The van der Waals surface area contributed by atoms with Gasteiger partial charge in [-0.05, 0) is 75.2 Å². The topological polar surface area (TPSA) is 32.3 Å². The summed E-state index contributed by atoms with van der Waals surface area (Å²) in [4.78, 5) is 0. The van der Waals surface area contributed by atoms with E-state index in [-0.39, 0.29) is 0 Å². The molecule has 3 fully saturated rings. The van der Waals surface area contributed by atoms with Gasteiger partial charge in [0.25, 0.3) is 0 Å². The number of aliphatic hydroxyl groups excluding tert-OH is 1. The number of nitrogens with one attached hydrogen (secondary N) is 1. The summed E-state index contributed by atoms with van der Waals surface area (Å²) in [6.07, 6.45) is 11.0. The highest BCUT2D eigenvalue weighted by molar-refractivity contribution is 5.05. The Balaban J connectivity index is 1.41. The van der Waals surface area contributed by atoms with E-state index in [1.54, 1.807) is 0 Å². The van der Waals surface area contributed by atoms with Crippen molar-refractivity contribution in [3.63, 3.8) is 0 Å². The summed E-state index contributed by atoms with van der Waals surface area (Å²) in [6.45, 7) is 1.53. The fraction of sp³-hybridized carbons (Fsp3) is 1.00. The summed E-state index contributed by atoms with van der Waals surface area (Å²) >= 11 is 0. The Morgan fingerprint density at radius 3 is 2.71 bits per heavy atom. The molecule has 2 N–H and O–H groups in total. The molecule has 0 amide bonds. The molecular formula is C15H27NO. The summed E-state index contributed by atoms with van der Waals surface area (Å²) < 4.78 is 0. The minimum atomic E-state index is 0.359. The average Bonchev–Trinajstić information content (AvgIpc) is 3.00. The molecule has 0 spiro atoms. The van der Waals surface area contributed by atoms with E-state index in [4.69, 9.17) is 5.11 Å². The van der Waals surface area contributed by atoms with Crippen LogP contribution in [0.3, 0.4) is 0 Å². The van der Waals surface area contributed by atoms with E-state index in [1.165, 1.54) is 51.5 Å². The first kappa shape index (κ1) is 12.0. The first-order valence-corrected chi connectivity index (χ1v) is 7.74. The molecule has 0 aromatic carbocycles. The number of hydrogen-bond acceptors (Lipinski definition) is 2. The number of rotatable bonds is 6. The minimum Gasteiger partial charge on any atom is -0.396 e. The lowest BCUT2D eigenvalue weighted by molar-refractivity contribution is 0.208. The Morgan fingerprint density at radius 1 is 0.941 bits per heavy atom. The van der Waals surface area contributed by atoms with Crippen molar-refractivity contribution in [2.24, 2.45) is 23.7 Å². The molecule has 0 aromatic rings. The van der Waals surface area contributed by atoms with Gasteiger partial charge in [0.2, 0.25) is 0 Å². The Bertz CT molecular complexity index is 255. The molecule has 0 radical (unpaired) electrons. The van der Waals surface area contributed by atoms with Crippen LogP contribution in [-0.4, -0.2) is 24.3 Å². The van der Waals surface area contributed by atoms with Crippen molar-refractivity contribution in [2.45, 2.75) is 57.4 Å². The van der Waals surface area contributed by atoms with Crippen molar-refractivity contribution in [2.75, 3.05) is 13.2 Å². The van der Waals surface area contributed by atoms with Crippen LogP contribution in [0.2, 0.25) is 0 Å². The van der Waals surface area contributed by atoms with E-state index in [0.717, 1.165) is 36.1 Å². The minimum absolute atomic E-state index is 0.359. The molecule has 2 bridgehead atoms. The van der Waals surface area contributed by atoms with Crippen LogP contribution in [0.25, 0.3) is 0 Å². The van der Waals surface area contributed by atoms with Gasteiger partial charge in [0.1, 0.15) is 0 Å². The molecule has 98 valence electrons. The van der Waals surface area contributed by atoms with Gasteiger partial charge in [0.05, 0.1) is 0 Å². The first-order valence-electron chi connectivity index (χ1n) is 7.74. The van der Waals surface area contributed by atoms with Gasteiger partial charge in [-0.3, -0.25) is 0 Å². The SMILES string of the molecule is OCCCCCNC1CC2CC1C1CCCC21. The Labute approximate surface area is 105 Å². The molecule has 5 unspecified atom stereocenters. The van der Waals surface area contributed by atoms with Crippen molar-refractivity contribution >= 4 is 0 Å². The first-order chi connectivity index (χ1) is 8.40.